The van der Waals surface area contributed by atoms with Crippen LogP contribution in [0.25, 0.3) is 0 Å². The van der Waals surface area contributed by atoms with Crippen molar-refractivity contribution >= 4 is 28.8 Å². The molecule has 1 aliphatic heterocycles. The topological polar surface area (TPSA) is 163 Å². The van der Waals surface area contributed by atoms with Crippen molar-refractivity contribution in [2.45, 2.75) is 152 Å². The molecule has 18 heteroatoms. The Balaban J connectivity index is 1.03. The number of ether oxygens (including phenoxy) is 12. The first-order valence-electron chi connectivity index (χ1n) is 36.6. The van der Waals surface area contributed by atoms with Gasteiger partial charge in [-0.1, -0.05) is 306 Å². The molecule has 12 rings (SSSR count). The zero-order chi connectivity index (χ0) is 74.1. The quantitative estimate of drug-likeness (QED) is 0.0265. The van der Waals surface area contributed by atoms with Crippen LogP contribution in [0.15, 0.2) is 297 Å². The fraction of sp³-hybridized carbons (Fsp3) is 0.326. The van der Waals surface area contributed by atoms with E-state index in [9.17, 15) is 8.42 Å². The van der Waals surface area contributed by atoms with Crippen LogP contribution in [0.1, 0.15) is 65.3 Å². The van der Waals surface area contributed by atoms with Crippen molar-refractivity contribution in [3.05, 3.63) is 342 Å². The molecule has 0 spiro atoms. The van der Waals surface area contributed by atoms with Crippen LogP contribution in [0.2, 0.25) is 5.04 Å². The van der Waals surface area contributed by atoms with Gasteiger partial charge in [0.1, 0.15) is 72.9 Å². The van der Waals surface area contributed by atoms with Crippen LogP contribution in [0, 0.1) is 0 Å². The molecule has 16 nitrogen and oxygen atoms in total. The first kappa shape index (κ1) is 78.2. The second-order valence-corrected chi connectivity index (χ2v) is 33.9. The molecule has 0 amide bonds. The average molecular weight is 1480 g/mol. The van der Waals surface area contributed by atoms with Gasteiger partial charge in [0.05, 0.1) is 86.0 Å². The van der Waals surface area contributed by atoms with E-state index in [1.165, 1.54) is 0 Å². The van der Waals surface area contributed by atoms with Crippen molar-refractivity contribution < 1.29 is 73.9 Å². The van der Waals surface area contributed by atoms with Crippen LogP contribution < -0.4 is 15.1 Å². The minimum Gasteiger partial charge on any atom is -0.497 e. The van der Waals surface area contributed by atoms with E-state index in [1.54, 1.807) is 7.11 Å². The largest absolute Gasteiger partial charge is 0.497 e. The summed E-state index contributed by atoms with van der Waals surface area (Å²) in [6.07, 6.45) is -12.1. The van der Waals surface area contributed by atoms with Crippen LogP contribution in [-0.2, 0) is 124 Å². The summed E-state index contributed by atoms with van der Waals surface area (Å²) < 4.78 is 129. The summed E-state index contributed by atoms with van der Waals surface area (Å²) in [6, 6.07) is 97.5. The first-order chi connectivity index (χ1) is 52.3. The fourth-order valence-electron chi connectivity index (χ4n) is 14.0. The number of hydrogen-bond acceptors (Lipinski definition) is 16. The van der Waals surface area contributed by atoms with E-state index in [2.05, 4.69) is 45.0 Å². The molecule has 0 N–H and O–H groups in total. The standard InChI is InChI=1S/C89H98O16SSi/c1-89(2,3)107(76-47-29-13-30-48-76,77-49-31-14-32-50-77)102-64-75(105-106(5,90)91)63-101-83-81(96-58-69-39-21-9-22-40-69)82(97-59-70-41-23-10-24-42-70)84(98-60-71-43-25-11-26-44-71)86(85(83)99-62-73-51-53-74(92-4)54-52-73)104-88-87(100-61-72-45-27-12-28-46-72)80(95-57-68-37-19-8-20-38-68)79(94-56-67-35-17-7-18-36-67)78(103-88)65-93-55-66-33-15-6-16-34-66/h6-54,75,78-88H,55-65H2,1-5H3/t75-,78+,79+,80-,81-,82-,83+,84+,85-,86+,87-,88+/m0/s1. The molecular formula is C89H98O16SSi. The zero-order valence-corrected chi connectivity index (χ0v) is 63.3. The Morgan fingerprint density at radius 3 is 1.00 bits per heavy atom. The van der Waals surface area contributed by atoms with Gasteiger partial charge in [-0.25, -0.2) is 0 Å². The summed E-state index contributed by atoms with van der Waals surface area (Å²) in [5.41, 5.74) is 7.09. The molecule has 0 unspecified atom stereocenters. The Labute approximate surface area is 631 Å². The zero-order valence-electron chi connectivity index (χ0n) is 61.4. The maximum Gasteiger partial charge on any atom is 0.264 e. The van der Waals surface area contributed by atoms with Crippen molar-refractivity contribution in [3.8, 4) is 5.75 Å². The van der Waals surface area contributed by atoms with Crippen molar-refractivity contribution in [2.24, 2.45) is 0 Å². The summed E-state index contributed by atoms with van der Waals surface area (Å²) in [5.74, 6) is 0.654. The molecule has 10 aromatic carbocycles. The highest BCUT2D eigenvalue weighted by molar-refractivity contribution is 7.86. The van der Waals surface area contributed by atoms with Crippen LogP contribution >= 0.6 is 0 Å². The molecule has 1 aliphatic carbocycles. The maximum absolute atomic E-state index is 14.0. The molecule has 560 valence electrons. The smallest absolute Gasteiger partial charge is 0.264 e. The van der Waals surface area contributed by atoms with Gasteiger partial charge in [-0.05, 0) is 72.1 Å². The highest BCUT2D eigenvalue weighted by atomic mass is 32.2. The predicted molar refractivity (Wildman–Crippen MR) is 414 cm³/mol. The highest BCUT2D eigenvalue weighted by Crippen LogP contribution is 2.41. The van der Waals surface area contributed by atoms with E-state index >= 15 is 0 Å². The van der Waals surface area contributed by atoms with Gasteiger partial charge in [-0.15, -0.1) is 0 Å². The summed E-state index contributed by atoms with van der Waals surface area (Å²) in [7, 11) is -5.95. The minimum absolute atomic E-state index is 0.00537. The number of hydrogen-bond donors (Lipinski definition) is 0. The number of rotatable bonds is 38. The third-order valence-electron chi connectivity index (χ3n) is 19.2. The molecule has 0 radical (unpaired) electrons. The number of benzene rings is 10. The van der Waals surface area contributed by atoms with Gasteiger partial charge >= 0.3 is 0 Å². The normalized spacial score (nSPS) is 21.5. The van der Waals surface area contributed by atoms with Crippen molar-refractivity contribution in [3.63, 3.8) is 0 Å². The summed E-state index contributed by atoms with van der Waals surface area (Å²) in [4.78, 5) is 0. The third kappa shape index (κ3) is 22.0. The molecule has 0 bridgehead atoms. The molecule has 1 heterocycles. The van der Waals surface area contributed by atoms with Crippen LogP contribution in [-0.4, -0.2) is 123 Å². The van der Waals surface area contributed by atoms with Gasteiger partial charge in [0.2, 0.25) is 0 Å². The first-order valence-corrected chi connectivity index (χ1v) is 40.3. The van der Waals surface area contributed by atoms with Gasteiger partial charge in [0, 0.05) is 0 Å². The molecule has 1 saturated carbocycles. The molecule has 1 saturated heterocycles. The van der Waals surface area contributed by atoms with E-state index < -0.39 is 96.9 Å². The van der Waals surface area contributed by atoms with Gasteiger partial charge in [-0.3, -0.25) is 4.18 Å². The van der Waals surface area contributed by atoms with E-state index in [1.807, 2.05) is 273 Å². The molecule has 2 aliphatic rings. The van der Waals surface area contributed by atoms with Crippen molar-refractivity contribution in [1.29, 1.82) is 0 Å². The van der Waals surface area contributed by atoms with Gasteiger partial charge in [-0.2, -0.15) is 8.42 Å². The Kier molecular flexibility index (Phi) is 28.6. The lowest BCUT2D eigenvalue weighted by molar-refractivity contribution is -0.366. The molecule has 107 heavy (non-hydrogen) atoms. The molecule has 0 aromatic heterocycles. The lowest BCUT2D eigenvalue weighted by Gasteiger charge is -2.52. The maximum atomic E-state index is 14.0. The van der Waals surface area contributed by atoms with E-state index in [4.69, 9.17) is 65.5 Å². The molecular weight excluding hydrogens is 1390 g/mol. The summed E-state index contributed by atoms with van der Waals surface area (Å²) >= 11 is 0. The Hall–Kier alpha value is -8.35. The van der Waals surface area contributed by atoms with Crippen LogP contribution in [0.5, 0.6) is 5.75 Å². The predicted octanol–water partition coefficient (Wildman–Crippen LogP) is 14.7. The van der Waals surface area contributed by atoms with Crippen LogP contribution in [0.4, 0.5) is 0 Å². The lowest BCUT2D eigenvalue weighted by atomic mass is 9.83. The molecule has 12 atom stereocenters. The van der Waals surface area contributed by atoms with E-state index in [0.29, 0.717) is 5.75 Å². The average Bonchev–Trinajstić information content (AvgIpc) is 0.757. The summed E-state index contributed by atoms with van der Waals surface area (Å²) in [5, 5.41) is 1.49. The minimum atomic E-state index is -4.22. The van der Waals surface area contributed by atoms with Crippen LogP contribution in [0.3, 0.4) is 0 Å². The second kappa shape index (κ2) is 39.1. The molecule has 2 fully saturated rings. The SMILES string of the molecule is COc1ccc(CO[C@H]2[C@H](OC[C@@H](CO[Si](c3ccccc3)(c3ccccc3)C(C)(C)C)OS(C)(=O)=O)[C@@H](OCc3ccccc3)[C@H](OCc3ccccc3)[C@@H](OCc3ccccc3)[C@H]2O[C@H]2O[C@H](COCc3ccccc3)[C@@H](OCc3ccccc3)[C@H](OCc3ccccc3)[C@@H]2OCc2ccccc2)cc1. The summed E-state index contributed by atoms with van der Waals surface area (Å²) in [6.45, 7) is 6.92. The highest BCUT2D eigenvalue weighted by Gasteiger charge is 2.59. The van der Waals surface area contributed by atoms with E-state index in [-0.39, 0.29) is 72.7 Å². The van der Waals surface area contributed by atoms with Gasteiger partial charge in [0.15, 0.2) is 6.29 Å². The second-order valence-electron chi connectivity index (χ2n) is 28.0. The number of methoxy groups -OCH3 is 1. The monoisotopic (exact) mass is 1480 g/mol. The Morgan fingerprint density at radius 1 is 0.355 bits per heavy atom. The Bertz CT molecular complexity index is 4240. The van der Waals surface area contributed by atoms with Crippen molar-refractivity contribution in [2.75, 3.05) is 33.2 Å². The lowest BCUT2D eigenvalue weighted by Crippen LogP contribution is -2.70. The molecule has 10 aromatic rings. The van der Waals surface area contributed by atoms with E-state index in [0.717, 1.165) is 61.1 Å². The Morgan fingerprint density at radius 2 is 0.654 bits per heavy atom. The fourth-order valence-corrected chi connectivity index (χ4v) is 19.2. The van der Waals surface area contributed by atoms with Crippen molar-refractivity contribution in [1.82, 2.24) is 0 Å². The van der Waals surface area contributed by atoms with Gasteiger partial charge in [0.25, 0.3) is 18.4 Å². The third-order valence-corrected chi connectivity index (χ3v) is 24.8. The van der Waals surface area contributed by atoms with Gasteiger partial charge < -0.3 is 61.3 Å².